The van der Waals surface area contributed by atoms with E-state index in [1.54, 1.807) is 0 Å². The molecule has 1 heterocycles. The maximum atomic E-state index is 10.0. The minimum absolute atomic E-state index is 0.0978. The van der Waals surface area contributed by atoms with Gasteiger partial charge in [-0.05, 0) is 19.3 Å². The second kappa shape index (κ2) is 14.7. The van der Waals surface area contributed by atoms with Gasteiger partial charge >= 0.3 is 0 Å². The van der Waals surface area contributed by atoms with E-state index in [-0.39, 0.29) is 13.2 Å². The van der Waals surface area contributed by atoms with E-state index in [1.807, 2.05) is 6.08 Å². The first kappa shape index (κ1) is 22.6. The van der Waals surface area contributed by atoms with Gasteiger partial charge in [0.15, 0.2) is 0 Å². The highest BCUT2D eigenvalue weighted by Gasteiger charge is 2.38. The zero-order chi connectivity index (χ0) is 18.3. The SMILES string of the molecule is C=CCCCCCCCCCCCCO[C@@H]1[C@@H](O)[C@H](CO)OC[C@H]1O. The van der Waals surface area contributed by atoms with Crippen molar-refractivity contribution >= 4 is 0 Å². The van der Waals surface area contributed by atoms with Gasteiger partial charge in [-0.15, -0.1) is 6.58 Å². The molecule has 0 aliphatic carbocycles. The van der Waals surface area contributed by atoms with Gasteiger partial charge in [-0.1, -0.05) is 57.4 Å². The highest BCUT2D eigenvalue weighted by molar-refractivity contribution is 4.87. The maximum absolute atomic E-state index is 10.0. The van der Waals surface area contributed by atoms with Crippen LogP contribution in [-0.4, -0.2) is 59.6 Å². The van der Waals surface area contributed by atoms with Crippen molar-refractivity contribution in [2.24, 2.45) is 0 Å². The second-order valence-electron chi connectivity index (χ2n) is 7.06. The summed E-state index contributed by atoms with van der Waals surface area (Å²) in [5.41, 5.74) is 0. The van der Waals surface area contributed by atoms with Gasteiger partial charge in [-0.25, -0.2) is 0 Å². The lowest BCUT2D eigenvalue weighted by Crippen LogP contribution is -2.55. The molecule has 0 aromatic rings. The van der Waals surface area contributed by atoms with Gasteiger partial charge in [0.05, 0.1) is 13.2 Å². The van der Waals surface area contributed by atoms with Gasteiger partial charge in [0.2, 0.25) is 0 Å². The first-order valence-electron chi connectivity index (χ1n) is 10.0. The number of allylic oxidation sites excluding steroid dienone is 1. The summed E-state index contributed by atoms with van der Waals surface area (Å²) in [5.74, 6) is 0. The molecule has 1 aliphatic heterocycles. The van der Waals surface area contributed by atoms with Crippen LogP contribution in [0.3, 0.4) is 0 Å². The van der Waals surface area contributed by atoms with Crippen LogP contribution < -0.4 is 0 Å². The monoisotopic (exact) mass is 358 g/mol. The Balaban J connectivity index is 1.92. The summed E-state index contributed by atoms with van der Waals surface area (Å²) < 4.78 is 10.8. The van der Waals surface area contributed by atoms with E-state index < -0.39 is 24.4 Å². The van der Waals surface area contributed by atoms with E-state index >= 15 is 0 Å². The van der Waals surface area contributed by atoms with E-state index in [1.165, 1.54) is 51.4 Å². The predicted molar refractivity (Wildman–Crippen MR) is 99.6 cm³/mol. The number of hydrogen-bond acceptors (Lipinski definition) is 5. The topological polar surface area (TPSA) is 79.2 Å². The smallest absolute Gasteiger partial charge is 0.114 e. The minimum Gasteiger partial charge on any atom is -0.394 e. The first-order valence-corrected chi connectivity index (χ1v) is 10.0. The third-order valence-corrected chi connectivity index (χ3v) is 4.87. The van der Waals surface area contributed by atoms with E-state index in [0.717, 1.165) is 19.3 Å². The Hall–Kier alpha value is -0.460. The van der Waals surface area contributed by atoms with E-state index in [9.17, 15) is 10.2 Å². The largest absolute Gasteiger partial charge is 0.394 e. The van der Waals surface area contributed by atoms with E-state index in [4.69, 9.17) is 14.6 Å². The van der Waals surface area contributed by atoms with Gasteiger partial charge in [-0.2, -0.15) is 0 Å². The van der Waals surface area contributed by atoms with Crippen LogP contribution in [0.15, 0.2) is 12.7 Å². The zero-order valence-corrected chi connectivity index (χ0v) is 15.7. The van der Waals surface area contributed by atoms with Crippen molar-refractivity contribution in [2.75, 3.05) is 19.8 Å². The Morgan fingerprint density at radius 1 is 0.920 bits per heavy atom. The molecular weight excluding hydrogens is 320 g/mol. The molecular formula is C20H38O5. The molecule has 0 bridgehead atoms. The molecule has 0 aromatic heterocycles. The van der Waals surface area contributed by atoms with Crippen LogP contribution in [0.1, 0.15) is 70.6 Å². The van der Waals surface area contributed by atoms with Crippen molar-refractivity contribution in [3.05, 3.63) is 12.7 Å². The molecule has 1 aliphatic rings. The van der Waals surface area contributed by atoms with Gasteiger partial charge in [-0.3, -0.25) is 0 Å². The van der Waals surface area contributed by atoms with Gasteiger partial charge in [0.1, 0.15) is 24.4 Å². The molecule has 1 saturated heterocycles. The van der Waals surface area contributed by atoms with Crippen molar-refractivity contribution in [3.8, 4) is 0 Å². The Kier molecular flexibility index (Phi) is 13.3. The molecule has 0 saturated carbocycles. The molecule has 0 radical (unpaired) electrons. The van der Waals surface area contributed by atoms with Crippen LogP contribution >= 0.6 is 0 Å². The van der Waals surface area contributed by atoms with Crippen molar-refractivity contribution in [2.45, 2.75) is 95.0 Å². The lowest BCUT2D eigenvalue weighted by molar-refractivity contribution is -0.210. The van der Waals surface area contributed by atoms with Crippen molar-refractivity contribution in [1.29, 1.82) is 0 Å². The summed E-state index contributed by atoms with van der Waals surface area (Å²) in [6, 6.07) is 0. The van der Waals surface area contributed by atoms with Crippen molar-refractivity contribution in [1.82, 2.24) is 0 Å². The molecule has 25 heavy (non-hydrogen) atoms. The highest BCUT2D eigenvalue weighted by atomic mass is 16.6. The maximum Gasteiger partial charge on any atom is 0.114 e. The van der Waals surface area contributed by atoms with Crippen LogP contribution in [0, 0.1) is 0 Å². The molecule has 5 nitrogen and oxygen atoms in total. The molecule has 1 rings (SSSR count). The number of rotatable bonds is 15. The third-order valence-electron chi connectivity index (χ3n) is 4.87. The second-order valence-corrected chi connectivity index (χ2v) is 7.06. The molecule has 0 unspecified atom stereocenters. The van der Waals surface area contributed by atoms with Crippen molar-refractivity contribution in [3.63, 3.8) is 0 Å². The summed E-state index contributed by atoms with van der Waals surface area (Å²) in [5, 5.41) is 29.0. The Labute approximate surface area is 153 Å². The Bertz CT molecular complexity index is 323. The minimum atomic E-state index is -0.972. The lowest BCUT2D eigenvalue weighted by Gasteiger charge is -2.37. The fourth-order valence-electron chi connectivity index (χ4n) is 3.25. The molecule has 5 heteroatoms. The standard InChI is InChI=1S/C20H38O5/c1-2-3-4-5-6-7-8-9-10-11-12-13-14-24-20-17(22)16-25-18(15-21)19(20)23/h2,17-23H,1,3-16H2/t17-,18+,19+,20+/m1/s1. The summed E-state index contributed by atoms with van der Waals surface area (Å²) in [6.07, 6.45) is 12.4. The molecule has 0 amide bonds. The lowest BCUT2D eigenvalue weighted by atomic mass is 10.0. The molecule has 3 N–H and O–H groups in total. The number of ether oxygens (including phenoxy) is 2. The van der Waals surface area contributed by atoms with Crippen LogP contribution in [0.25, 0.3) is 0 Å². The third kappa shape index (κ3) is 9.71. The Morgan fingerprint density at radius 3 is 2.04 bits per heavy atom. The first-order chi connectivity index (χ1) is 12.2. The normalized spacial score (nSPS) is 26.7. The number of hydrogen-bond donors (Lipinski definition) is 3. The summed E-state index contributed by atoms with van der Waals surface area (Å²) in [6.45, 7) is 4.11. The molecule has 1 fully saturated rings. The van der Waals surface area contributed by atoms with Gasteiger partial charge in [0, 0.05) is 6.61 Å². The Morgan fingerprint density at radius 2 is 1.48 bits per heavy atom. The average molecular weight is 359 g/mol. The molecule has 148 valence electrons. The summed E-state index contributed by atoms with van der Waals surface area (Å²) in [7, 11) is 0. The molecule has 0 spiro atoms. The van der Waals surface area contributed by atoms with E-state index in [2.05, 4.69) is 6.58 Å². The number of aliphatic hydroxyl groups is 3. The zero-order valence-electron chi connectivity index (χ0n) is 15.7. The predicted octanol–water partition coefficient (Wildman–Crippen LogP) is 2.96. The van der Waals surface area contributed by atoms with E-state index in [0.29, 0.717) is 6.61 Å². The average Bonchev–Trinajstić information content (AvgIpc) is 2.61. The van der Waals surface area contributed by atoms with Gasteiger partial charge < -0.3 is 24.8 Å². The van der Waals surface area contributed by atoms with Crippen molar-refractivity contribution < 1.29 is 24.8 Å². The molecule has 0 aromatic carbocycles. The highest BCUT2D eigenvalue weighted by Crippen LogP contribution is 2.19. The molecule has 4 atom stereocenters. The van der Waals surface area contributed by atoms with Crippen LogP contribution in [0.2, 0.25) is 0 Å². The summed E-state index contributed by atoms with van der Waals surface area (Å²) in [4.78, 5) is 0. The van der Waals surface area contributed by atoms with Crippen LogP contribution in [0.4, 0.5) is 0 Å². The number of unbranched alkanes of at least 4 members (excludes halogenated alkanes) is 10. The summed E-state index contributed by atoms with van der Waals surface area (Å²) >= 11 is 0. The quantitative estimate of drug-likeness (QED) is 0.310. The van der Waals surface area contributed by atoms with Gasteiger partial charge in [0.25, 0.3) is 0 Å². The fraction of sp³-hybridized carbons (Fsp3) is 0.900. The number of aliphatic hydroxyl groups excluding tert-OH is 3. The fourth-order valence-corrected chi connectivity index (χ4v) is 3.25. The van der Waals surface area contributed by atoms with Crippen LogP contribution in [-0.2, 0) is 9.47 Å². The van der Waals surface area contributed by atoms with Crippen LogP contribution in [0.5, 0.6) is 0 Å².